The molecule has 0 radical (unpaired) electrons. The van der Waals surface area contributed by atoms with Crippen molar-refractivity contribution in [3.05, 3.63) is 29.8 Å². The molecule has 1 aromatic carbocycles. The number of alkyl halides is 2. The highest BCUT2D eigenvalue weighted by Gasteiger charge is 2.25. The Morgan fingerprint density at radius 2 is 1.90 bits per heavy atom. The van der Waals surface area contributed by atoms with Gasteiger partial charge in [0.2, 0.25) is 5.91 Å². The number of hydrogen-bond donors (Lipinski definition) is 1. The molecule has 2 rings (SSSR count). The van der Waals surface area contributed by atoms with Crippen LogP contribution in [-0.2, 0) is 9.53 Å². The van der Waals surface area contributed by atoms with Crippen LogP contribution in [0.15, 0.2) is 24.3 Å². The molecule has 30 heavy (non-hydrogen) atoms. The molecule has 1 aliphatic heterocycles. The molecule has 1 fully saturated rings. The second kappa shape index (κ2) is 10.3. The van der Waals surface area contributed by atoms with Crippen molar-refractivity contribution in [2.75, 3.05) is 20.2 Å². The van der Waals surface area contributed by atoms with E-state index in [4.69, 9.17) is 9.47 Å². The summed E-state index contributed by atoms with van der Waals surface area (Å²) in [4.78, 5) is 26.0. The fraction of sp³-hybridized carbons (Fsp3) is 0.524. The van der Waals surface area contributed by atoms with Gasteiger partial charge >= 0.3 is 12.7 Å². The number of piperidine rings is 1. The Hall–Kier alpha value is -2.84. The van der Waals surface area contributed by atoms with Crippen molar-refractivity contribution in [3.8, 4) is 11.5 Å². The lowest BCUT2D eigenvalue weighted by Crippen LogP contribution is -2.47. The number of nitrogens with one attached hydrogen (secondary N) is 1. The lowest BCUT2D eigenvalue weighted by molar-refractivity contribution is -0.127. The normalized spacial score (nSPS) is 15.4. The minimum Gasteiger partial charge on any atom is -0.493 e. The van der Waals surface area contributed by atoms with Crippen LogP contribution in [0.3, 0.4) is 0 Å². The maximum absolute atomic E-state index is 12.7. The van der Waals surface area contributed by atoms with Gasteiger partial charge in [-0.15, -0.1) is 0 Å². The van der Waals surface area contributed by atoms with Crippen LogP contribution in [0.25, 0.3) is 6.08 Å². The molecule has 2 amide bonds. The third-order valence-corrected chi connectivity index (χ3v) is 4.37. The number of hydrogen-bond acceptors (Lipinski definition) is 5. The van der Waals surface area contributed by atoms with Gasteiger partial charge in [-0.1, -0.05) is 12.1 Å². The third-order valence-electron chi connectivity index (χ3n) is 4.37. The summed E-state index contributed by atoms with van der Waals surface area (Å²) in [7, 11) is 1.35. The van der Waals surface area contributed by atoms with E-state index in [9.17, 15) is 18.4 Å². The summed E-state index contributed by atoms with van der Waals surface area (Å²) in [5.74, 6) is -0.227. The molecule has 0 atom stereocenters. The number of alkyl carbamates (subject to hydrolysis) is 1. The Balaban J connectivity index is 1.94. The average Bonchev–Trinajstić information content (AvgIpc) is 2.65. The summed E-state index contributed by atoms with van der Waals surface area (Å²) < 4.78 is 40.3. The van der Waals surface area contributed by atoms with E-state index in [1.165, 1.54) is 25.3 Å². The Kier molecular flexibility index (Phi) is 8.02. The van der Waals surface area contributed by atoms with Crippen molar-refractivity contribution in [1.82, 2.24) is 10.2 Å². The molecule has 0 bridgehead atoms. The van der Waals surface area contributed by atoms with Crippen LogP contribution in [0.4, 0.5) is 13.6 Å². The smallest absolute Gasteiger partial charge is 0.407 e. The first-order valence-electron chi connectivity index (χ1n) is 9.67. The van der Waals surface area contributed by atoms with Gasteiger partial charge < -0.3 is 24.4 Å². The van der Waals surface area contributed by atoms with Crippen molar-refractivity contribution in [2.45, 2.75) is 51.9 Å². The first kappa shape index (κ1) is 23.4. The van der Waals surface area contributed by atoms with E-state index in [1.807, 2.05) is 0 Å². The summed E-state index contributed by atoms with van der Waals surface area (Å²) in [5.41, 5.74) is -0.261. The minimum atomic E-state index is -3.01. The van der Waals surface area contributed by atoms with E-state index in [-0.39, 0.29) is 23.4 Å². The van der Waals surface area contributed by atoms with Gasteiger partial charge in [-0.05, 0) is 45.8 Å². The van der Waals surface area contributed by atoms with E-state index >= 15 is 0 Å². The van der Waals surface area contributed by atoms with E-state index in [0.717, 1.165) is 0 Å². The summed E-state index contributed by atoms with van der Waals surface area (Å²) in [6.45, 7) is 3.28. The molecule has 9 heteroatoms. The highest BCUT2D eigenvalue weighted by atomic mass is 19.3. The second-order valence-electron chi connectivity index (χ2n) is 7.84. The fourth-order valence-electron chi connectivity index (χ4n) is 3.02. The van der Waals surface area contributed by atoms with Crippen molar-refractivity contribution >= 4 is 18.1 Å². The molecule has 0 saturated carbocycles. The molecule has 7 nitrogen and oxygen atoms in total. The highest BCUT2D eigenvalue weighted by Crippen LogP contribution is 2.33. The SMILES string of the molecule is COc1cccc(/C=C/C(=O)N2CCC(NC(=O)OC(C)(C)C)CC2)c1OC(F)F. The van der Waals surface area contributed by atoms with Crippen LogP contribution in [0.5, 0.6) is 11.5 Å². The van der Waals surface area contributed by atoms with Gasteiger partial charge in [0.25, 0.3) is 0 Å². The first-order valence-corrected chi connectivity index (χ1v) is 9.67. The molecule has 0 aliphatic carbocycles. The van der Waals surface area contributed by atoms with Crippen molar-refractivity contribution in [1.29, 1.82) is 0 Å². The molecule has 1 aliphatic rings. The molecular formula is C21H28F2N2O5. The molecule has 1 heterocycles. The largest absolute Gasteiger partial charge is 0.493 e. The molecule has 1 aromatic rings. The summed E-state index contributed by atoms with van der Waals surface area (Å²) in [6.07, 6.45) is 3.45. The zero-order chi connectivity index (χ0) is 22.3. The number of nitrogens with zero attached hydrogens (tertiary/aromatic N) is 1. The van der Waals surface area contributed by atoms with Crippen LogP contribution in [0, 0.1) is 0 Å². The van der Waals surface area contributed by atoms with Gasteiger partial charge in [-0.25, -0.2) is 4.79 Å². The van der Waals surface area contributed by atoms with Crippen LogP contribution in [0.2, 0.25) is 0 Å². The minimum absolute atomic E-state index is 0.0719. The van der Waals surface area contributed by atoms with Crippen molar-refractivity contribution in [2.24, 2.45) is 0 Å². The maximum Gasteiger partial charge on any atom is 0.407 e. The van der Waals surface area contributed by atoms with Gasteiger partial charge in [0, 0.05) is 30.8 Å². The zero-order valence-electron chi connectivity index (χ0n) is 17.6. The molecular weight excluding hydrogens is 398 g/mol. The van der Waals surface area contributed by atoms with E-state index in [2.05, 4.69) is 10.1 Å². The average molecular weight is 426 g/mol. The van der Waals surface area contributed by atoms with Gasteiger partial charge in [-0.2, -0.15) is 8.78 Å². The first-order chi connectivity index (χ1) is 14.1. The van der Waals surface area contributed by atoms with Gasteiger partial charge in [0.15, 0.2) is 11.5 Å². The summed E-state index contributed by atoms with van der Waals surface area (Å²) in [5, 5.41) is 2.81. The van der Waals surface area contributed by atoms with Crippen LogP contribution in [0.1, 0.15) is 39.2 Å². The quantitative estimate of drug-likeness (QED) is 0.700. The number of carbonyl (C=O) groups is 2. The number of rotatable bonds is 6. The predicted molar refractivity (Wildman–Crippen MR) is 108 cm³/mol. The fourth-order valence-corrected chi connectivity index (χ4v) is 3.02. The highest BCUT2D eigenvalue weighted by molar-refractivity contribution is 5.92. The van der Waals surface area contributed by atoms with Gasteiger partial charge in [0.05, 0.1) is 7.11 Å². The van der Waals surface area contributed by atoms with Crippen molar-refractivity contribution < 1.29 is 32.6 Å². The Bertz CT molecular complexity index is 769. The second-order valence-corrected chi connectivity index (χ2v) is 7.84. The zero-order valence-corrected chi connectivity index (χ0v) is 17.6. The number of para-hydroxylation sites is 1. The molecule has 0 spiro atoms. The molecule has 166 valence electrons. The van der Waals surface area contributed by atoms with Crippen LogP contribution >= 0.6 is 0 Å². The monoisotopic (exact) mass is 426 g/mol. The lowest BCUT2D eigenvalue weighted by Gasteiger charge is -2.32. The van der Waals surface area contributed by atoms with E-state index in [0.29, 0.717) is 31.5 Å². The molecule has 1 N–H and O–H groups in total. The number of amides is 2. The Morgan fingerprint density at radius 3 is 2.47 bits per heavy atom. The number of likely N-dealkylation sites (tertiary alicyclic amines) is 1. The predicted octanol–water partition coefficient (Wildman–Crippen LogP) is 3.83. The van der Waals surface area contributed by atoms with E-state index in [1.54, 1.807) is 37.8 Å². The van der Waals surface area contributed by atoms with Crippen LogP contribution < -0.4 is 14.8 Å². The third kappa shape index (κ3) is 7.20. The van der Waals surface area contributed by atoms with Gasteiger partial charge in [-0.3, -0.25) is 4.79 Å². The number of methoxy groups -OCH3 is 1. The Morgan fingerprint density at radius 1 is 1.23 bits per heavy atom. The number of carbonyl (C=O) groups excluding carboxylic acids is 2. The standard InChI is InChI=1S/C21H28F2N2O5/c1-21(2,3)30-20(27)24-15-10-12-25(13-11-15)17(26)9-8-14-6-5-7-16(28-4)18(14)29-19(22)23/h5-9,15,19H,10-13H2,1-4H3,(H,24,27)/b9-8+. The lowest BCUT2D eigenvalue weighted by atomic mass is 10.0. The summed E-state index contributed by atoms with van der Waals surface area (Å²) in [6, 6.07) is 4.60. The number of halogens is 2. The number of ether oxygens (including phenoxy) is 3. The molecule has 0 aromatic heterocycles. The van der Waals surface area contributed by atoms with E-state index < -0.39 is 18.3 Å². The topological polar surface area (TPSA) is 77.1 Å². The molecule has 1 saturated heterocycles. The summed E-state index contributed by atoms with van der Waals surface area (Å²) >= 11 is 0. The van der Waals surface area contributed by atoms with Crippen molar-refractivity contribution in [3.63, 3.8) is 0 Å². The van der Waals surface area contributed by atoms with Crippen LogP contribution in [-0.4, -0.2) is 55.4 Å². The Labute approximate surface area is 175 Å². The number of benzene rings is 1. The van der Waals surface area contributed by atoms with Gasteiger partial charge in [0.1, 0.15) is 5.60 Å². The maximum atomic E-state index is 12.7. The molecule has 0 unspecified atom stereocenters.